The molecule has 3 aromatic rings. The number of nitrogens with one attached hydrogen (secondary N) is 2. The SMILES string of the molecule is C=C(CC(NC(=O)c1ccc(CCc2c[nH]c3nc(N)nc(N)c23)cc1)C(=O)[O-])C(C)=O. The first-order chi connectivity index (χ1) is 15.2. The summed E-state index contributed by atoms with van der Waals surface area (Å²) in [5.74, 6) is -2.00. The van der Waals surface area contributed by atoms with Crippen molar-refractivity contribution < 1.29 is 19.5 Å². The van der Waals surface area contributed by atoms with E-state index in [1.807, 2.05) is 6.20 Å². The number of aryl methyl sites for hydroxylation is 2. The fraction of sp³-hybridized carbons (Fsp3) is 0.227. The van der Waals surface area contributed by atoms with Crippen LogP contribution in [0.3, 0.4) is 0 Å². The third kappa shape index (κ3) is 5.09. The van der Waals surface area contributed by atoms with E-state index in [1.54, 1.807) is 24.3 Å². The van der Waals surface area contributed by atoms with Crippen molar-refractivity contribution in [3.63, 3.8) is 0 Å². The maximum Gasteiger partial charge on any atom is 0.251 e. The van der Waals surface area contributed by atoms with Gasteiger partial charge in [0.1, 0.15) is 11.5 Å². The third-order valence-electron chi connectivity index (χ3n) is 5.10. The molecular weight excluding hydrogens is 412 g/mol. The van der Waals surface area contributed by atoms with Gasteiger partial charge in [-0.2, -0.15) is 9.97 Å². The van der Waals surface area contributed by atoms with Gasteiger partial charge in [-0.25, -0.2) is 0 Å². The van der Waals surface area contributed by atoms with Gasteiger partial charge in [-0.05, 0) is 48.6 Å². The number of amides is 1. The summed E-state index contributed by atoms with van der Waals surface area (Å²) in [7, 11) is 0. The molecular formula is C22H23N6O4-. The molecule has 0 saturated carbocycles. The number of ketones is 1. The first-order valence-electron chi connectivity index (χ1n) is 9.84. The molecule has 1 atom stereocenters. The van der Waals surface area contributed by atoms with E-state index in [0.717, 1.165) is 16.5 Å². The highest BCUT2D eigenvalue weighted by Gasteiger charge is 2.18. The molecule has 0 aliphatic rings. The van der Waals surface area contributed by atoms with Crippen molar-refractivity contribution >= 4 is 40.5 Å². The van der Waals surface area contributed by atoms with Crippen LogP contribution in [0.4, 0.5) is 11.8 Å². The molecule has 0 saturated heterocycles. The summed E-state index contributed by atoms with van der Waals surface area (Å²) in [4.78, 5) is 46.2. The van der Waals surface area contributed by atoms with Crippen LogP contribution in [0.5, 0.6) is 0 Å². The summed E-state index contributed by atoms with van der Waals surface area (Å²) in [6.07, 6.45) is 2.91. The number of hydrogen-bond donors (Lipinski definition) is 4. The number of carbonyl (C=O) groups excluding carboxylic acids is 3. The average Bonchev–Trinajstić information content (AvgIpc) is 3.14. The normalized spacial score (nSPS) is 11.8. The number of rotatable bonds is 9. The van der Waals surface area contributed by atoms with Crippen molar-refractivity contribution in [3.8, 4) is 0 Å². The largest absolute Gasteiger partial charge is 0.548 e. The van der Waals surface area contributed by atoms with Crippen LogP contribution >= 0.6 is 0 Å². The van der Waals surface area contributed by atoms with E-state index in [2.05, 4.69) is 26.8 Å². The lowest BCUT2D eigenvalue weighted by Gasteiger charge is -2.20. The molecule has 10 nitrogen and oxygen atoms in total. The lowest BCUT2D eigenvalue weighted by molar-refractivity contribution is -0.308. The maximum absolute atomic E-state index is 12.4. The maximum atomic E-state index is 12.4. The van der Waals surface area contributed by atoms with Gasteiger partial charge in [-0.3, -0.25) is 9.59 Å². The molecule has 1 aromatic carbocycles. The fourth-order valence-corrected chi connectivity index (χ4v) is 3.27. The van der Waals surface area contributed by atoms with Crippen LogP contribution < -0.4 is 21.9 Å². The summed E-state index contributed by atoms with van der Waals surface area (Å²) in [6, 6.07) is 5.42. The van der Waals surface area contributed by atoms with E-state index >= 15 is 0 Å². The van der Waals surface area contributed by atoms with Crippen LogP contribution in [0.25, 0.3) is 11.0 Å². The zero-order chi connectivity index (χ0) is 23.4. The number of H-pyrrole nitrogens is 1. The molecule has 2 heterocycles. The van der Waals surface area contributed by atoms with Crippen molar-refractivity contribution in [2.75, 3.05) is 11.5 Å². The Morgan fingerprint density at radius 1 is 1.16 bits per heavy atom. The Bertz CT molecular complexity index is 1200. The number of nitrogen functional groups attached to an aromatic ring is 2. The number of Topliss-reactive ketones (excluding diaryl/α,β-unsaturated/α-hetero) is 1. The number of aliphatic carboxylic acids is 1. The Labute approximate surface area is 183 Å². The highest BCUT2D eigenvalue weighted by atomic mass is 16.4. The molecule has 3 rings (SSSR count). The molecule has 1 unspecified atom stereocenters. The van der Waals surface area contributed by atoms with Crippen molar-refractivity contribution in [3.05, 3.63) is 59.3 Å². The Kier molecular flexibility index (Phi) is 6.53. The van der Waals surface area contributed by atoms with Gasteiger partial charge in [0.2, 0.25) is 5.95 Å². The summed E-state index contributed by atoms with van der Waals surface area (Å²) in [5, 5.41) is 14.4. The smallest absolute Gasteiger partial charge is 0.251 e. The fourth-order valence-electron chi connectivity index (χ4n) is 3.27. The summed E-state index contributed by atoms with van der Waals surface area (Å²) in [6.45, 7) is 4.80. The molecule has 6 N–H and O–H groups in total. The Balaban J connectivity index is 1.64. The summed E-state index contributed by atoms with van der Waals surface area (Å²) in [5.41, 5.74) is 14.4. The van der Waals surface area contributed by atoms with E-state index in [-0.39, 0.29) is 29.3 Å². The number of nitrogens with zero attached hydrogens (tertiary/aromatic N) is 2. The molecule has 0 radical (unpaired) electrons. The number of anilines is 2. The lowest BCUT2D eigenvalue weighted by atomic mass is 10.0. The molecule has 1 amide bonds. The van der Waals surface area contributed by atoms with Crippen LogP contribution in [0, 0.1) is 0 Å². The van der Waals surface area contributed by atoms with Crippen molar-refractivity contribution in [1.82, 2.24) is 20.3 Å². The first-order valence-corrected chi connectivity index (χ1v) is 9.84. The zero-order valence-corrected chi connectivity index (χ0v) is 17.5. The van der Waals surface area contributed by atoms with Crippen LogP contribution in [0.15, 0.2) is 42.6 Å². The second-order valence-electron chi connectivity index (χ2n) is 7.41. The van der Waals surface area contributed by atoms with Gasteiger partial charge in [0, 0.05) is 18.2 Å². The Hall–Kier alpha value is -4.21. The molecule has 10 heteroatoms. The third-order valence-corrected chi connectivity index (χ3v) is 5.10. The predicted molar refractivity (Wildman–Crippen MR) is 117 cm³/mol. The number of hydrogen-bond acceptors (Lipinski definition) is 8. The number of carbonyl (C=O) groups is 3. The number of carboxylic acids is 1. The topological polar surface area (TPSA) is 180 Å². The van der Waals surface area contributed by atoms with Crippen molar-refractivity contribution in [1.29, 1.82) is 0 Å². The quantitative estimate of drug-likeness (QED) is 0.346. The van der Waals surface area contributed by atoms with Crippen LogP contribution in [-0.4, -0.2) is 38.7 Å². The van der Waals surface area contributed by atoms with Gasteiger partial charge in [0.05, 0.1) is 17.4 Å². The van der Waals surface area contributed by atoms with Gasteiger partial charge in [-0.1, -0.05) is 18.7 Å². The second-order valence-corrected chi connectivity index (χ2v) is 7.41. The molecule has 32 heavy (non-hydrogen) atoms. The van der Waals surface area contributed by atoms with Crippen LogP contribution in [-0.2, 0) is 22.4 Å². The summed E-state index contributed by atoms with van der Waals surface area (Å²) < 4.78 is 0. The van der Waals surface area contributed by atoms with Crippen LogP contribution in [0.2, 0.25) is 0 Å². The molecule has 0 fully saturated rings. The van der Waals surface area contributed by atoms with E-state index in [0.29, 0.717) is 24.3 Å². The first kappa shape index (κ1) is 22.5. The molecule has 2 aromatic heterocycles. The van der Waals surface area contributed by atoms with Gasteiger partial charge >= 0.3 is 0 Å². The standard InChI is InChI=1S/C22H24N6O4/c1-11(12(2)29)9-16(21(31)32)26-20(30)14-6-3-13(4-7-14)5-8-15-10-25-19-17(15)18(23)27-22(24)28-19/h3-4,6-7,10,16H,1,5,8-9H2,2H3,(H,26,30)(H,31,32)(H5,23,24,25,27,28)/p-1. The van der Waals surface area contributed by atoms with Gasteiger partial charge < -0.3 is 31.7 Å². The molecule has 0 bridgehead atoms. The lowest BCUT2D eigenvalue weighted by Crippen LogP contribution is -2.48. The van der Waals surface area contributed by atoms with E-state index < -0.39 is 17.9 Å². The summed E-state index contributed by atoms with van der Waals surface area (Å²) >= 11 is 0. The monoisotopic (exact) mass is 435 g/mol. The number of carboxylic acid groups (broad SMARTS) is 1. The van der Waals surface area contributed by atoms with Crippen molar-refractivity contribution in [2.45, 2.75) is 32.2 Å². The predicted octanol–water partition coefficient (Wildman–Crippen LogP) is 0.291. The highest BCUT2D eigenvalue weighted by Crippen LogP contribution is 2.24. The van der Waals surface area contributed by atoms with E-state index in [1.165, 1.54) is 6.92 Å². The molecule has 0 aliphatic heterocycles. The number of nitrogens with two attached hydrogens (primary N) is 2. The number of aromatic nitrogens is 3. The molecule has 0 aliphatic carbocycles. The second kappa shape index (κ2) is 9.29. The minimum atomic E-state index is -1.49. The van der Waals surface area contributed by atoms with E-state index in [9.17, 15) is 19.5 Å². The van der Waals surface area contributed by atoms with E-state index in [4.69, 9.17) is 11.5 Å². The number of aromatic amines is 1. The molecule has 166 valence electrons. The number of fused-ring (bicyclic) bond motifs is 1. The van der Waals surface area contributed by atoms with Gasteiger partial charge in [-0.15, -0.1) is 0 Å². The number of benzene rings is 1. The Morgan fingerprint density at radius 2 is 1.84 bits per heavy atom. The zero-order valence-electron chi connectivity index (χ0n) is 17.5. The van der Waals surface area contributed by atoms with Crippen molar-refractivity contribution in [2.24, 2.45) is 0 Å². The van der Waals surface area contributed by atoms with Gasteiger partial charge in [0.15, 0.2) is 5.78 Å². The van der Waals surface area contributed by atoms with Crippen LogP contribution in [0.1, 0.15) is 34.8 Å². The highest BCUT2D eigenvalue weighted by molar-refractivity contribution is 5.97. The van der Waals surface area contributed by atoms with Gasteiger partial charge in [0.25, 0.3) is 5.91 Å². The minimum Gasteiger partial charge on any atom is -0.548 e. The molecule has 0 spiro atoms. The average molecular weight is 435 g/mol. The Morgan fingerprint density at radius 3 is 2.47 bits per heavy atom. The minimum absolute atomic E-state index is 0.0980.